The number of anilines is 1. The summed E-state index contributed by atoms with van der Waals surface area (Å²) in [5.74, 6) is -1.22. The quantitative estimate of drug-likeness (QED) is 0.727. The molecule has 0 spiro atoms. The van der Waals surface area contributed by atoms with Gasteiger partial charge in [0.05, 0.1) is 5.69 Å². The van der Waals surface area contributed by atoms with Crippen LogP contribution in [-0.2, 0) is 9.59 Å². The first-order chi connectivity index (χ1) is 9.09. The molecule has 0 radical (unpaired) electrons. The maximum atomic E-state index is 14.0. The van der Waals surface area contributed by atoms with Gasteiger partial charge in [0, 0.05) is 11.1 Å². The van der Waals surface area contributed by atoms with E-state index in [1.165, 1.54) is 12.1 Å². The standard InChI is InChI=1S/C15H14FNO2/c1-9-6-7-13(12(16)8-9)17-14(18)10-4-2-3-5-11(10)15(17)19/h6-8H,2-5H2,1H3. The molecule has 0 unspecified atom stereocenters. The van der Waals surface area contributed by atoms with Crippen molar-refractivity contribution >= 4 is 17.5 Å². The second-order valence-corrected chi connectivity index (χ2v) is 5.06. The minimum absolute atomic E-state index is 0.0648. The topological polar surface area (TPSA) is 37.4 Å². The first-order valence-electron chi connectivity index (χ1n) is 6.46. The normalized spacial score (nSPS) is 19.2. The van der Waals surface area contributed by atoms with Gasteiger partial charge in [0.15, 0.2) is 0 Å². The van der Waals surface area contributed by atoms with Crippen LogP contribution >= 0.6 is 0 Å². The molecule has 1 heterocycles. The van der Waals surface area contributed by atoms with Gasteiger partial charge in [-0.3, -0.25) is 9.59 Å². The molecule has 0 atom stereocenters. The maximum absolute atomic E-state index is 14.0. The Hall–Kier alpha value is -1.97. The molecule has 0 bridgehead atoms. The number of halogens is 1. The summed E-state index contributed by atoms with van der Waals surface area (Å²) in [6, 6.07) is 4.54. The maximum Gasteiger partial charge on any atom is 0.261 e. The van der Waals surface area contributed by atoms with Crippen molar-refractivity contribution in [3.05, 3.63) is 40.7 Å². The highest BCUT2D eigenvalue weighted by Crippen LogP contribution is 2.36. The third-order valence-electron chi connectivity index (χ3n) is 3.73. The molecule has 0 aromatic heterocycles. The van der Waals surface area contributed by atoms with Gasteiger partial charge in [-0.1, -0.05) is 6.07 Å². The lowest BCUT2D eigenvalue weighted by atomic mass is 9.93. The van der Waals surface area contributed by atoms with Crippen molar-refractivity contribution in [2.24, 2.45) is 0 Å². The molecule has 4 heteroatoms. The molecule has 1 aromatic carbocycles. The summed E-state index contributed by atoms with van der Waals surface area (Å²) in [4.78, 5) is 25.5. The SMILES string of the molecule is Cc1ccc(N2C(=O)C3=C(CCCC3)C2=O)c(F)c1. The first-order valence-corrected chi connectivity index (χ1v) is 6.46. The molecule has 98 valence electrons. The number of hydrogen-bond acceptors (Lipinski definition) is 2. The number of benzene rings is 1. The van der Waals surface area contributed by atoms with E-state index in [-0.39, 0.29) is 17.5 Å². The summed E-state index contributed by atoms with van der Waals surface area (Å²) in [6.07, 6.45) is 3.10. The van der Waals surface area contributed by atoms with Crippen LogP contribution in [0, 0.1) is 12.7 Å². The monoisotopic (exact) mass is 259 g/mol. The second-order valence-electron chi connectivity index (χ2n) is 5.06. The Labute approximate surface area is 110 Å². The molecule has 1 aliphatic heterocycles. The van der Waals surface area contributed by atoms with Gasteiger partial charge < -0.3 is 0 Å². The predicted octanol–water partition coefficient (Wildman–Crippen LogP) is 2.88. The summed E-state index contributed by atoms with van der Waals surface area (Å²) < 4.78 is 14.0. The number of aryl methyl sites for hydroxylation is 1. The van der Waals surface area contributed by atoms with Gasteiger partial charge in [-0.25, -0.2) is 9.29 Å². The first kappa shape index (κ1) is 12.1. The summed E-state index contributed by atoms with van der Waals surface area (Å²) in [5.41, 5.74) is 1.99. The number of nitrogens with zero attached hydrogens (tertiary/aromatic N) is 1. The molecule has 3 rings (SSSR count). The third kappa shape index (κ3) is 1.79. The van der Waals surface area contributed by atoms with Crippen LogP contribution in [0.25, 0.3) is 0 Å². The molecule has 3 nitrogen and oxygen atoms in total. The fourth-order valence-corrected chi connectivity index (χ4v) is 2.75. The number of amides is 2. The Bertz CT molecular complexity index is 591. The lowest BCUT2D eigenvalue weighted by Gasteiger charge is -2.16. The zero-order valence-electron chi connectivity index (χ0n) is 10.7. The van der Waals surface area contributed by atoms with E-state index >= 15 is 0 Å². The molecule has 19 heavy (non-hydrogen) atoms. The minimum Gasteiger partial charge on any atom is -0.269 e. The summed E-state index contributed by atoms with van der Waals surface area (Å²) >= 11 is 0. The van der Waals surface area contributed by atoms with Crippen LogP contribution in [-0.4, -0.2) is 11.8 Å². The largest absolute Gasteiger partial charge is 0.269 e. The fourth-order valence-electron chi connectivity index (χ4n) is 2.75. The van der Waals surface area contributed by atoms with Crippen molar-refractivity contribution in [1.29, 1.82) is 0 Å². The van der Waals surface area contributed by atoms with Crippen LogP contribution in [0.4, 0.5) is 10.1 Å². The molecular weight excluding hydrogens is 245 g/mol. The highest BCUT2D eigenvalue weighted by Gasteiger charge is 2.40. The minimum atomic E-state index is -0.526. The van der Waals surface area contributed by atoms with E-state index in [0.717, 1.165) is 23.3 Å². The van der Waals surface area contributed by atoms with Crippen molar-refractivity contribution in [1.82, 2.24) is 0 Å². The number of hydrogen-bond donors (Lipinski definition) is 0. The average molecular weight is 259 g/mol. The van der Waals surface area contributed by atoms with Gasteiger partial charge in [0.25, 0.3) is 11.8 Å². The highest BCUT2D eigenvalue weighted by molar-refractivity contribution is 6.33. The summed E-state index contributed by atoms with van der Waals surface area (Å²) in [7, 11) is 0. The van der Waals surface area contributed by atoms with E-state index in [0.29, 0.717) is 24.0 Å². The van der Waals surface area contributed by atoms with Gasteiger partial charge >= 0.3 is 0 Å². The molecule has 0 saturated heterocycles. The Morgan fingerprint density at radius 3 is 2.16 bits per heavy atom. The van der Waals surface area contributed by atoms with Crippen molar-refractivity contribution in [3.63, 3.8) is 0 Å². The fraction of sp³-hybridized carbons (Fsp3) is 0.333. The van der Waals surface area contributed by atoms with Crippen LogP contribution in [0.1, 0.15) is 31.2 Å². The number of imide groups is 1. The molecule has 0 N–H and O–H groups in total. The lowest BCUT2D eigenvalue weighted by Crippen LogP contribution is -2.32. The second kappa shape index (κ2) is 4.30. The van der Waals surface area contributed by atoms with E-state index in [4.69, 9.17) is 0 Å². The lowest BCUT2D eigenvalue weighted by molar-refractivity contribution is -0.120. The van der Waals surface area contributed by atoms with E-state index in [9.17, 15) is 14.0 Å². The van der Waals surface area contributed by atoms with Crippen LogP contribution < -0.4 is 4.90 Å². The Balaban J connectivity index is 2.04. The van der Waals surface area contributed by atoms with Crippen LogP contribution in [0.15, 0.2) is 29.3 Å². The van der Waals surface area contributed by atoms with Crippen molar-refractivity contribution < 1.29 is 14.0 Å². The van der Waals surface area contributed by atoms with Crippen molar-refractivity contribution in [2.45, 2.75) is 32.6 Å². The zero-order valence-corrected chi connectivity index (χ0v) is 10.7. The number of rotatable bonds is 1. The Morgan fingerprint density at radius 2 is 1.63 bits per heavy atom. The predicted molar refractivity (Wildman–Crippen MR) is 69.1 cm³/mol. The Kier molecular flexibility index (Phi) is 2.73. The molecule has 2 aliphatic rings. The van der Waals surface area contributed by atoms with E-state index in [1.807, 2.05) is 0 Å². The molecule has 1 aromatic rings. The number of carbonyl (C=O) groups excluding carboxylic acids is 2. The average Bonchev–Trinajstić information content (AvgIpc) is 2.64. The molecular formula is C15H14FNO2. The van der Waals surface area contributed by atoms with Crippen molar-refractivity contribution in [3.8, 4) is 0 Å². The van der Waals surface area contributed by atoms with E-state index < -0.39 is 5.82 Å². The molecule has 1 aliphatic carbocycles. The zero-order chi connectivity index (χ0) is 13.6. The van der Waals surface area contributed by atoms with Gasteiger partial charge in [-0.05, 0) is 50.3 Å². The molecule has 0 saturated carbocycles. The van der Waals surface area contributed by atoms with Gasteiger partial charge in [0.2, 0.25) is 0 Å². The van der Waals surface area contributed by atoms with Crippen LogP contribution in [0.2, 0.25) is 0 Å². The van der Waals surface area contributed by atoms with Gasteiger partial charge in [-0.15, -0.1) is 0 Å². The smallest absolute Gasteiger partial charge is 0.261 e. The van der Waals surface area contributed by atoms with Gasteiger partial charge in [0.1, 0.15) is 5.82 Å². The van der Waals surface area contributed by atoms with Gasteiger partial charge in [-0.2, -0.15) is 0 Å². The Morgan fingerprint density at radius 1 is 1.05 bits per heavy atom. The van der Waals surface area contributed by atoms with E-state index in [1.54, 1.807) is 13.0 Å². The molecule has 0 fully saturated rings. The third-order valence-corrected chi connectivity index (χ3v) is 3.73. The van der Waals surface area contributed by atoms with Crippen molar-refractivity contribution in [2.75, 3.05) is 4.90 Å². The summed E-state index contributed by atoms with van der Waals surface area (Å²) in [5, 5.41) is 0. The van der Waals surface area contributed by atoms with Crippen LogP contribution in [0.5, 0.6) is 0 Å². The highest BCUT2D eigenvalue weighted by atomic mass is 19.1. The summed E-state index contributed by atoms with van der Waals surface area (Å²) in [6.45, 7) is 1.77. The number of carbonyl (C=O) groups is 2. The van der Waals surface area contributed by atoms with E-state index in [2.05, 4.69) is 0 Å². The van der Waals surface area contributed by atoms with Crippen LogP contribution in [0.3, 0.4) is 0 Å². The molecule has 2 amide bonds.